The maximum absolute atomic E-state index is 11.3. The number of nitrogens with one attached hydrogen (secondary N) is 1. The Hall–Kier alpha value is -0.620. The van der Waals surface area contributed by atoms with E-state index in [1.165, 1.54) is 50.4 Å². The Bertz CT molecular complexity index is 446. The molecule has 1 rings (SSSR count). The SMILES string of the molecule is CCCCCCCCCCCOC(=S)NC1C=CS(=O)(=O)C1. The van der Waals surface area contributed by atoms with Crippen LogP contribution in [0.2, 0.25) is 0 Å². The van der Waals surface area contributed by atoms with Crippen molar-refractivity contribution >= 4 is 27.2 Å². The van der Waals surface area contributed by atoms with Crippen molar-refractivity contribution in [3.63, 3.8) is 0 Å². The van der Waals surface area contributed by atoms with Crippen LogP contribution >= 0.6 is 12.2 Å². The molecule has 1 heterocycles. The van der Waals surface area contributed by atoms with Gasteiger partial charge in [0.25, 0.3) is 5.17 Å². The highest BCUT2D eigenvalue weighted by Crippen LogP contribution is 2.10. The Labute approximate surface area is 140 Å². The lowest BCUT2D eigenvalue weighted by atomic mass is 10.1. The third kappa shape index (κ3) is 9.41. The average molecular weight is 348 g/mol. The molecule has 1 atom stereocenters. The third-order valence-electron chi connectivity index (χ3n) is 3.71. The van der Waals surface area contributed by atoms with Gasteiger partial charge in [-0.05, 0) is 24.7 Å². The Balaban J connectivity index is 1.90. The van der Waals surface area contributed by atoms with E-state index in [0.29, 0.717) is 11.8 Å². The number of unbranched alkanes of at least 4 members (excludes halogenated alkanes) is 8. The number of rotatable bonds is 11. The summed E-state index contributed by atoms with van der Waals surface area (Å²) in [4.78, 5) is 0. The van der Waals surface area contributed by atoms with E-state index in [-0.39, 0.29) is 11.8 Å². The minimum atomic E-state index is -3.04. The van der Waals surface area contributed by atoms with Crippen LogP contribution in [0.1, 0.15) is 64.7 Å². The Morgan fingerprint density at radius 2 is 1.73 bits per heavy atom. The van der Waals surface area contributed by atoms with E-state index >= 15 is 0 Å². The molecule has 0 aliphatic carbocycles. The lowest BCUT2D eigenvalue weighted by Gasteiger charge is -2.13. The Morgan fingerprint density at radius 1 is 1.14 bits per heavy atom. The predicted octanol–water partition coefficient (Wildman–Crippen LogP) is 3.72. The fourth-order valence-corrected chi connectivity index (χ4v) is 3.91. The fraction of sp³-hybridized carbons (Fsp3) is 0.812. The van der Waals surface area contributed by atoms with Gasteiger partial charge in [0.15, 0.2) is 9.84 Å². The van der Waals surface area contributed by atoms with Crippen molar-refractivity contribution in [1.29, 1.82) is 0 Å². The molecule has 0 saturated carbocycles. The summed E-state index contributed by atoms with van der Waals surface area (Å²) in [6.07, 6.45) is 13.0. The molecule has 1 aliphatic rings. The normalized spacial score (nSPS) is 19.2. The first kappa shape index (κ1) is 19.4. The molecule has 128 valence electrons. The van der Waals surface area contributed by atoms with Crippen molar-refractivity contribution in [3.05, 3.63) is 11.5 Å². The molecule has 0 aromatic carbocycles. The van der Waals surface area contributed by atoms with E-state index in [1.807, 2.05) is 0 Å². The maximum atomic E-state index is 11.3. The van der Waals surface area contributed by atoms with Crippen LogP contribution in [-0.4, -0.2) is 32.0 Å². The molecule has 6 heteroatoms. The van der Waals surface area contributed by atoms with E-state index in [9.17, 15) is 8.42 Å². The molecule has 0 spiro atoms. The second kappa shape index (κ2) is 11.0. The Kier molecular flexibility index (Phi) is 9.71. The van der Waals surface area contributed by atoms with Gasteiger partial charge in [0.2, 0.25) is 0 Å². The summed E-state index contributed by atoms with van der Waals surface area (Å²) in [5.74, 6) is 0.0640. The number of hydrogen-bond acceptors (Lipinski definition) is 4. The molecule has 0 amide bonds. The molecule has 0 radical (unpaired) electrons. The van der Waals surface area contributed by atoms with Crippen LogP contribution in [0.3, 0.4) is 0 Å². The molecular weight excluding hydrogens is 318 g/mol. The van der Waals surface area contributed by atoms with Gasteiger partial charge in [0.05, 0.1) is 18.4 Å². The van der Waals surface area contributed by atoms with E-state index < -0.39 is 9.84 Å². The van der Waals surface area contributed by atoms with Gasteiger partial charge in [-0.3, -0.25) is 0 Å². The van der Waals surface area contributed by atoms with Crippen molar-refractivity contribution < 1.29 is 13.2 Å². The van der Waals surface area contributed by atoms with Crippen LogP contribution in [-0.2, 0) is 14.6 Å². The van der Waals surface area contributed by atoms with Gasteiger partial charge in [0.1, 0.15) is 0 Å². The zero-order valence-corrected chi connectivity index (χ0v) is 15.2. The fourth-order valence-electron chi connectivity index (χ4n) is 2.44. The van der Waals surface area contributed by atoms with Crippen molar-refractivity contribution in [2.45, 2.75) is 70.8 Å². The smallest absolute Gasteiger partial charge is 0.257 e. The van der Waals surface area contributed by atoms with Crippen LogP contribution in [0.4, 0.5) is 0 Å². The number of ether oxygens (including phenoxy) is 1. The quantitative estimate of drug-likeness (QED) is 0.456. The molecule has 0 fully saturated rings. The molecule has 1 aliphatic heterocycles. The van der Waals surface area contributed by atoms with Crippen molar-refractivity contribution in [2.75, 3.05) is 12.4 Å². The van der Waals surface area contributed by atoms with Gasteiger partial charge in [0, 0.05) is 5.41 Å². The van der Waals surface area contributed by atoms with E-state index in [1.54, 1.807) is 6.08 Å². The minimum Gasteiger partial charge on any atom is -0.471 e. The zero-order chi connectivity index (χ0) is 16.3. The molecular formula is C16H29NO3S2. The zero-order valence-electron chi connectivity index (χ0n) is 13.6. The second-order valence-electron chi connectivity index (χ2n) is 5.87. The van der Waals surface area contributed by atoms with Crippen LogP contribution in [0, 0.1) is 0 Å². The second-order valence-corrected chi connectivity index (χ2v) is 8.18. The number of sulfone groups is 1. The first-order valence-electron chi connectivity index (χ1n) is 8.38. The highest BCUT2D eigenvalue weighted by atomic mass is 32.2. The number of hydrogen-bond donors (Lipinski definition) is 1. The monoisotopic (exact) mass is 347 g/mol. The summed E-state index contributed by atoms with van der Waals surface area (Å²) in [6.45, 7) is 2.84. The first-order chi connectivity index (χ1) is 10.5. The summed E-state index contributed by atoms with van der Waals surface area (Å²) in [5, 5.41) is 4.44. The summed E-state index contributed by atoms with van der Waals surface area (Å²) in [6, 6.07) is -0.249. The van der Waals surface area contributed by atoms with Crippen molar-refractivity contribution in [1.82, 2.24) is 5.32 Å². The number of thiocarbonyl (C=S) groups is 1. The van der Waals surface area contributed by atoms with Gasteiger partial charge in [-0.15, -0.1) is 0 Å². The van der Waals surface area contributed by atoms with Crippen LogP contribution in [0.25, 0.3) is 0 Å². The lowest BCUT2D eigenvalue weighted by Crippen LogP contribution is -2.35. The summed E-state index contributed by atoms with van der Waals surface area (Å²) in [7, 11) is -3.04. The topological polar surface area (TPSA) is 55.4 Å². The van der Waals surface area contributed by atoms with E-state index in [0.717, 1.165) is 12.8 Å². The van der Waals surface area contributed by atoms with Gasteiger partial charge >= 0.3 is 0 Å². The summed E-state index contributed by atoms with van der Waals surface area (Å²) in [5.41, 5.74) is 0. The van der Waals surface area contributed by atoms with Gasteiger partial charge in [-0.1, -0.05) is 58.3 Å². The maximum Gasteiger partial charge on any atom is 0.257 e. The standard InChI is InChI=1S/C16H29NO3S2/c1-2-3-4-5-6-7-8-9-10-12-20-16(21)17-15-11-13-22(18,19)14-15/h11,13,15H,2-10,12,14H2,1H3,(H,17,21). The predicted molar refractivity (Wildman–Crippen MR) is 95.6 cm³/mol. The average Bonchev–Trinajstić information content (AvgIpc) is 2.80. The lowest BCUT2D eigenvalue weighted by molar-refractivity contribution is 0.285. The molecule has 22 heavy (non-hydrogen) atoms. The van der Waals surface area contributed by atoms with Crippen molar-refractivity contribution in [2.24, 2.45) is 0 Å². The van der Waals surface area contributed by atoms with Crippen molar-refractivity contribution in [3.8, 4) is 0 Å². The summed E-state index contributed by atoms with van der Waals surface area (Å²) < 4.78 is 27.9. The molecule has 4 nitrogen and oxygen atoms in total. The Morgan fingerprint density at radius 3 is 2.27 bits per heavy atom. The summed E-state index contributed by atoms with van der Waals surface area (Å²) >= 11 is 5.06. The largest absolute Gasteiger partial charge is 0.471 e. The van der Waals surface area contributed by atoms with Crippen LogP contribution in [0.15, 0.2) is 11.5 Å². The minimum absolute atomic E-state index is 0.0640. The first-order valence-corrected chi connectivity index (χ1v) is 10.5. The molecule has 0 saturated heterocycles. The van der Waals surface area contributed by atoms with E-state index in [4.69, 9.17) is 17.0 Å². The molecule has 1 unspecified atom stereocenters. The molecule has 0 aromatic heterocycles. The molecule has 1 N–H and O–H groups in total. The van der Waals surface area contributed by atoms with Gasteiger partial charge in [-0.2, -0.15) is 0 Å². The van der Waals surface area contributed by atoms with Gasteiger partial charge in [-0.25, -0.2) is 8.42 Å². The molecule has 0 aromatic rings. The van der Waals surface area contributed by atoms with E-state index in [2.05, 4.69) is 12.2 Å². The highest BCUT2D eigenvalue weighted by Gasteiger charge is 2.22. The van der Waals surface area contributed by atoms with Crippen LogP contribution < -0.4 is 5.32 Å². The highest BCUT2D eigenvalue weighted by molar-refractivity contribution is 7.94. The third-order valence-corrected chi connectivity index (χ3v) is 5.35. The van der Waals surface area contributed by atoms with Crippen LogP contribution in [0.5, 0.6) is 0 Å². The molecule has 0 bridgehead atoms. The van der Waals surface area contributed by atoms with Gasteiger partial charge < -0.3 is 10.1 Å².